The molecule has 1 aliphatic carbocycles. The number of thiophene rings is 1. The summed E-state index contributed by atoms with van der Waals surface area (Å²) < 4.78 is 1.59. The predicted octanol–water partition coefficient (Wildman–Crippen LogP) is 2.08. The second-order valence-corrected chi connectivity index (χ2v) is 7.45. The van der Waals surface area contributed by atoms with Crippen molar-refractivity contribution >= 4 is 29.7 Å². The summed E-state index contributed by atoms with van der Waals surface area (Å²) >= 11 is 1.67. The molecular formula is C16H22ClN5OS. The molecule has 1 atom stereocenters. The summed E-state index contributed by atoms with van der Waals surface area (Å²) in [6, 6.07) is 2.43. The zero-order chi connectivity index (χ0) is 15.9. The van der Waals surface area contributed by atoms with Gasteiger partial charge in [-0.2, -0.15) is 11.3 Å². The fourth-order valence-electron chi connectivity index (χ4n) is 3.72. The minimum atomic E-state index is 0. The summed E-state index contributed by atoms with van der Waals surface area (Å²) in [4.78, 5) is 15.0. The van der Waals surface area contributed by atoms with E-state index in [-0.39, 0.29) is 18.3 Å². The number of amides is 1. The smallest absolute Gasteiger partial charge is 0.276 e. The highest BCUT2D eigenvalue weighted by atomic mass is 35.5. The average Bonchev–Trinajstić information content (AvgIpc) is 2.97. The Morgan fingerprint density at radius 2 is 2.29 bits per heavy atom. The molecule has 8 heteroatoms. The minimum Gasteiger partial charge on any atom is -0.329 e. The zero-order valence-electron chi connectivity index (χ0n) is 13.6. The van der Waals surface area contributed by atoms with Crippen LogP contribution < -0.4 is 5.32 Å². The van der Waals surface area contributed by atoms with Crippen LogP contribution in [0.1, 0.15) is 35.3 Å². The van der Waals surface area contributed by atoms with Gasteiger partial charge in [-0.05, 0) is 60.2 Å². The molecule has 2 aliphatic rings. The van der Waals surface area contributed by atoms with E-state index >= 15 is 0 Å². The molecule has 1 saturated carbocycles. The van der Waals surface area contributed by atoms with Crippen molar-refractivity contribution in [1.29, 1.82) is 0 Å². The summed E-state index contributed by atoms with van der Waals surface area (Å²) in [7, 11) is 1.79. The third-order valence-electron chi connectivity index (χ3n) is 5.14. The molecule has 1 N–H and O–H groups in total. The molecule has 2 aromatic rings. The van der Waals surface area contributed by atoms with Gasteiger partial charge in [-0.3, -0.25) is 9.48 Å². The van der Waals surface area contributed by atoms with Gasteiger partial charge in [0.2, 0.25) is 0 Å². The Kier molecular flexibility index (Phi) is 4.94. The summed E-state index contributed by atoms with van der Waals surface area (Å²) in [6.45, 7) is 2.78. The Bertz CT molecular complexity index is 695. The van der Waals surface area contributed by atoms with Crippen LogP contribution in [0.4, 0.5) is 0 Å². The molecule has 1 unspecified atom stereocenters. The Morgan fingerprint density at radius 1 is 1.50 bits per heavy atom. The Balaban J connectivity index is 0.00000169. The quantitative estimate of drug-likeness (QED) is 0.898. The first-order chi connectivity index (χ1) is 11.2. The van der Waals surface area contributed by atoms with E-state index in [1.165, 1.54) is 5.56 Å². The number of hydrogen-bond donors (Lipinski definition) is 1. The zero-order valence-corrected chi connectivity index (χ0v) is 15.3. The van der Waals surface area contributed by atoms with Crippen LogP contribution in [0.5, 0.6) is 0 Å². The molecule has 1 amide bonds. The lowest BCUT2D eigenvalue weighted by Gasteiger charge is -2.29. The maximum absolute atomic E-state index is 13.0. The van der Waals surface area contributed by atoms with Crippen molar-refractivity contribution in [2.45, 2.75) is 31.8 Å². The molecule has 1 saturated heterocycles. The van der Waals surface area contributed by atoms with Crippen LogP contribution in [0, 0.1) is 5.41 Å². The molecular weight excluding hydrogens is 346 g/mol. The van der Waals surface area contributed by atoms with Gasteiger partial charge in [0.05, 0.1) is 6.20 Å². The van der Waals surface area contributed by atoms with Crippen molar-refractivity contribution in [2.24, 2.45) is 12.5 Å². The summed E-state index contributed by atoms with van der Waals surface area (Å²) in [6.07, 6.45) is 5.14. The van der Waals surface area contributed by atoms with Gasteiger partial charge in [-0.15, -0.1) is 17.5 Å². The van der Waals surface area contributed by atoms with E-state index in [1.54, 1.807) is 29.3 Å². The molecule has 1 spiro atoms. The molecule has 130 valence electrons. The molecule has 0 aromatic carbocycles. The van der Waals surface area contributed by atoms with Gasteiger partial charge in [0, 0.05) is 19.6 Å². The van der Waals surface area contributed by atoms with E-state index < -0.39 is 0 Å². The van der Waals surface area contributed by atoms with Gasteiger partial charge in [-0.1, -0.05) is 5.21 Å². The van der Waals surface area contributed by atoms with Gasteiger partial charge in [0.25, 0.3) is 5.91 Å². The van der Waals surface area contributed by atoms with Gasteiger partial charge in [0.15, 0.2) is 5.69 Å². The SMILES string of the molecule is Cl.Cn1cc(C(=O)N(Cc2ccsc2)C2CC23CCNCC3)nn1. The van der Waals surface area contributed by atoms with Crippen LogP contribution in [0.25, 0.3) is 0 Å². The van der Waals surface area contributed by atoms with Crippen molar-refractivity contribution < 1.29 is 4.79 Å². The number of rotatable bonds is 4. The molecule has 2 aromatic heterocycles. The standard InChI is InChI=1S/C16H21N5OS.ClH/c1-20-10-13(18-19-20)15(22)21(9-12-2-7-23-11-12)14-8-16(14)3-5-17-6-4-16;/h2,7,10-11,14,17H,3-6,8-9H2,1H3;1H. The third-order valence-corrected chi connectivity index (χ3v) is 5.87. The minimum absolute atomic E-state index is 0. The largest absolute Gasteiger partial charge is 0.329 e. The van der Waals surface area contributed by atoms with Gasteiger partial charge in [-0.25, -0.2) is 0 Å². The topological polar surface area (TPSA) is 63.1 Å². The molecule has 0 bridgehead atoms. The lowest BCUT2D eigenvalue weighted by atomic mass is 9.93. The molecule has 6 nitrogen and oxygen atoms in total. The highest BCUT2D eigenvalue weighted by molar-refractivity contribution is 7.07. The first-order valence-corrected chi connectivity index (χ1v) is 9.01. The molecule has 0 radical (unpaired) electrons. The van der Waals surface area contributed by atoms with Crippen molar-refractivity contribution in [3.8, 4) is 0 Å². The monoisotopic (exact) mass is 367 g/mol. The summed E-state index contributed by atoms with van der Waals surface area (Å²) in [5.41, 5.74) is 1.96. The molecule has 4 rings (SSSR count). The number of carbonyl (C=O) groups is 1. The fourth-order valence-corrected chi connectivity index (χ4v) is 4.38. The van der Waals surface area contributed by atoms with Crippen LogP contribution in [0.15, 0.2) is 23.0 Å². The Hall–Kier alpha value is -1.44. The number of aromatic nitrogens is 3. The maximum Gasteiger partial charge on any atom is 0.276 e. The van der Waals surface area contributed by atoms with Gasteiger partial charge in [0.1, 0.15) is 0 Å². The van der Waals surface area contributed by atoms with Crippen LogP contribution >= 0.6 is 23.7 Å². The number of halogens is 1. The summed E-state index contributed by atoms with van der Waals surface area (Å²) in [5, 5.41) is 15.5. The predicted molar refractivity (Wildman–Crippen MR) is 95.4 cm³/mol. The van der Waals surface area contributed by atoms with E-state index in [0.29, 0.717) is 23.7 Å². The van der Waals surface area contributed by atoms with E-state index in [1.807, 2.05) is 4.90 Å². The number of nitrogens with zero attached hydrogens (tertiary/aromatic N) is 4. The highest BCUT2D eigenvalue weighted by Crippen LogP contribution is 2.56. The van der Waals surface area contributed by atoms with E-state index in [2.05, 4.69) is 32.5 Å². The lowest BCUT2D eigenvalue weighted by molar-refractivity contribution is 0.0686. The second kappa shape index (κ2) is 6.82. The fraction of sp³-hybridized carbons (Fsp3) is 0.562. The van der Waals surface area contributed by atoms with Crippen molar-refractivity contribution in [2.75, 3.05) is 13.1 Å². The van der Waals surface area contributed by atoms with Gasteiger partial charge >= 0.3 is 0 Å². The first-order valence-electron chi connectivity index (χ1n) is 8.07. The number of piperidine rings is 1. The highest BCUT2D eigenvalue weighted by Gasteiger charge is 2.58. The van der Waals surface area contributed by atoms with Crippen molar-refractivity contribution in [3.63, 3.8) is 0 Å². The number of nitrogens with one attached hydrogen (secondary N) is 1. The van der Waals surface area contributed by atoms with E-state index in [9.17, 15) is 4.79 Å². The normalized spacial score (nSPS) is 21.3. The lowest BCUT2D eigenvalue weighted by Crippen LogP contribution is -2.39. The number of hydrogen-bond acceptors (Lipinski definition) is 5. The van der Waals surface area contributed by atoms with E-state index in [0.717, 1.165) is 32.4 Å². The van der Waals surface area contributed by atoms with Crippen LogP contribution in [-0.4, -0.2) is 44.9 Å². The van der Waals surface area contributed by atoms with Crippen LogP contribution in [-0.2, 0) is 13.6 Å². The van der Waals surface area contributed by atoms with Crippen molar-refractivity contribution in [1.82, 2.24) is 25.2 Å². The van der Waals surface area contributed by atoms with Crippen molar-refractivity contribution in [3.05, 3.63) is 34.3 Å². The number of aryl methyl sites for hydroxylation is 1. The Labute approximate surface area is 151 Å². The Morgan fingerprint density at radius 3 is 2.92 bits per heavy atom. The molecule has 1 aliphatic heterocycles. The van der Waals surface area contributed by atoms with Crippen LogP contribution in [0.2, 0.25) is 0 Å². The number of carbonyl (C=O) groups excluding carboxylic acids is 1. The van der Waals surface area contributed by atoms with Gasteiger partial charge < -0.3 is 10.2 Å². The maximum atomic E-state index is 13.0. The molecule has 2 fully saturated rings. The van der Waals surface area contributed by atoms with E-state index in [4.69, 9.17) is 0 Å². The average molecular weight is 368 g/mol. The summed E-state index contributed by atoms with van der Waals surface area (Å²) in [5.74, 6) is 0.00436. The first kappa shape index (κ1) is 17.4. The molecule has 3 heterocycles. The second-order valence-electron chi connectivity index (χ2n) is 6.67. The molecule has 24 heavy (non-hydrogen) atoms. The van der Waals surface area contributed by atoms with Crippen LogP contribution in [0.3, 0.4) is 0 Å². The third kappa shape index (κ3) is 3.20.